The van der Waals surface area contributed by atoms with Gasteiger partial charge >= 0.3 is 0 Å². The monoisotopic (exact) mass is 353 g/mol. The number of nitrogens with one attached hydrogen (secondary N) is 1. The van der Waals surface area contributed by atoms with Crippen molar-refractivity contribution in [1.82, 2.24) is 15.1 Å². The van der Waals surface area contributed by atoms with E-state index in [0.29, 0.717) is 24.5 Å². The molecule has 0 aliphatic carbocycles. The minimum absolute atomic E-state index is 0.0687. The van der Waals surface area contributed by atoms with Crippen LogP contribution in [0.15, 0.2) is 24.5 Å². The van der Waals surface area contributed by atoms with Crippen molar-refractivity contribution in [2.24, 2.45) is 7.05 Å². The van der Waals surface area contributed by atoms with Gasteiger partial charge < -0.3 is 14.8 Å². The molecule has 0 radical (unpaired) electrons. The van der Waals surface area contributed by atoms with Crippen LogP contribution in [-0.4, -0.2) is 41.0 Å². The van der Waals surface area contributed by atoms with Gasteiger partial charge in [0.15, 0.2) is 5.75 Å². The third-order valence-corrected chi connectivity index (χ3v) is 4.12. The van der Waals surface area contributed by atoms with Crippen molar-refractivity contribution < 1.29 is 18.7 Å². The number of ether oxygens (including phenoxy) is 2. The molecule has 0 spiro atoms. The predicted octanol–water partition coefficient (Wildman–Crippen LogP) is 2.10. The summed E-state index contributed by atoms with van der Waals surface area (Å²) >= 11 is 5.98. The first-order chi connectivity index (χ1) is 11.4. The van der Waals surface area contributed by atoms with Crippen LogP contribution in [0.25, 0.3) is 0 Å². The van der Waals surface area contributed by atoms with Gasteiger partial charge in [-0.3, -0.25) is 9.48 Å². The Bertz CT molecular complexity index is 765. The van der Waals surface area contributed by atoms with Gasteiger partial charge in [0.1, 0.15) is 11.9 Å². The lowest BCUT2D eigenvalue weighted by molar-refractivity contribution is 0.0904. The van der Waals surface area contributed by atoms with Crippen LogP contribution in [0, 0.1) is 12.7 Å². The van der Waals surface area contributed by atoms with Crippen molar-refractivity contribution in [3.63, 3.8) is 0 Å². The van der Waals surface area contributed by atoms with Gasteiger partial charge in [0, 0.05) is 7.05 Å². The van der Waals surface area contributed by atoms with Gasteiger partial charge in [-0.15, -0.1) is 0 Å². The summed E-state index contributed by atoms with van der Waals surface area (Å²) in [6, 6.07) is 2.24. The van der Waals surface area contributed by atoms with Gasteiger partial charge in [0.25, 0.3) is 5.91 Å². The molecule has 6 nitrogen and oxygen atoms in total. The zero-order chi connectivity index (χ0) is 17.3. The molecule has 2 heterocycles. The summed E-state index contributed by atoms with van der Waals surface area (Å²) in [5.41, 5.74) is 0.581. The Morgan fingerprint density at radius 2 is 2.29 bits per heavy atom. The average molecular weight is 354 g/mol. The Hall–Kier alpha value is -2.12. The maximum absolute atomic E-state index is 13.5. The third kappa shape index (κ3) is 3.52. The second kappa shape index (κ2) is 6.78. The van der Waals surface area contributed by atoms with E-state index >= 15 is 0 Å². The van der Waals surface area contributed by atoms with Crippen LogP contribution >= 0.6 is 11.6 Å². The van der Waals surface area contributed by atoms with Gasteiger partial charge in [-0.25, -0.2) is 4.39 Å². The summed E-state index contributed by atoms with van der Waals surface area (Å²) in [6.45, 7) is 2.26. The summed E-state index contributed by atoms with van der Waals surface area (Å²) in [5, 5.41) is 6.94. The molecule has 8 heteroatoms. The van der Waals surface area contributed by atoms with Gasteiger partial charge in [-0.2, -0.15) is 5.10 Å². The first-order valence-electron chi connectivity index (χ1n) is 7.43. The van der Waals surface area contributed by atoms with Crippen molar-refractivity contribution in [1.29, 1.82) is 0 Å². The molecular formula is C16H17ClFN3O3. The van der Waals surface area contributed by atoms with E-state index in [9.17, 15) is 9.18 Å². The molecule has 3 rings (SSSR count). The number of carbonyl (C=O) groups excluding carboxylic acids is 1. The van der Waals surface area contributed by atoms with E-state index in [1.54, 1.807) is 31.0 Å². The largest absolute Gasteiger partial charge is 0.482 e. The Labute approximate surface area is 143 Å². The highest BCUT2D eigenvalue weighted by atomic mass is 35.5. The lowest BCUT2D eigenvalue weighted by Crippen LogP contribution is -2.45. The van der Waals surface area contributed by atoms with E-state index in [1.165, 1.54) is 6.07 Å². The van der Waals surface area contributed by atoms with Crippen molar-refractivity contribution in [2.45, 2.75) is 19.1 Å². The van der Waals surface area contributed by atoms with Crippen LogP contribution < -0.4 is 10.1 Å². The molecule has 1 N–H and O–H groups in total. The number of rotatable bonds is 4. The standard InChI is InChI=1S/C16H17ClFN3O3/c1-9-3-11(12(17)4-13(9)18)16(22)20-14-7-23-8-15(14)24-10-5-19-21(2)6-10/h3-6,14-15H,7-8H2,1-2H3,(H,20,22)/t14-,15+/m0/s1. The minimum Gasteiger partial charge on any atom is -0.482 e. The smallest absolute Gasteiger partial charge is 0.253 e. The number of halogens is 2. The number of carbonyl (C=O) groups is 1. The minimum atomic E-state index is -0.446. The van der Waals surface area contributed by atoms with Crippen LogP contribution in [0.1, 0.15) is 15.9 Å². The maximum Gasteiger partial charge on any atom is 0.253 e. The molecule has 1 aromatic heterocycles. The lowest BCUT2D eigenvalue weighted by Gasteiger charge is -2.20. The fourth-order valence-electron chi connectivity index (χ4n) is 2.50. The summed E-state index contributed by atoms with van der Waals surface area (Å²) in [6.07, 6.45) is 2.99. The van der Waals surface area contributed by atoms with E-state index in [4.69, 9.17) is 21.1 Å². The SMILES string of the molecule is Cc1cc(C(=O)N[C@H]2COC[C@H]2Oc2cnn(C)c2)c(Cl)cc1F. The number of benzene rings is 1. The number of aryl methyl sites for hydroxylation is 2. The second-order valence-electron chi connectivity index (χ2n) is 5.70. The van der Waals surface area contributed by atoms with Crippen molar-refractivity contribution in [3.8, 4) is 5.75 Å². The van der Waals surface area contributed by atoms with Crippen LogP contribution in [0.2, 0.25) is 5.02 Å². The topological polar surface area (TPSA) is 65.4 Å². The van der Waals surface area contributed by atoms with Gasteiger partial charge in [-0.1, -0.05) is 11.6 Å². The molecule has 1 fully saturated rings. The summed E-state index contributed by atoms with van der Waals surface area (Å²) in [5.74, 6) is -0.236. The fourth-order valence-corrected chi connectivity index (χ4v) is 2.73. The quantitative estimate of drug-likeness (QED) is 0.914. The molecule has 0 saturated carbocycles. The van der Waals surface area contributed by atoms with E-state index in [2.05, 4.69) is 10.4 Å². The summed E-state index contributed by atoms with van der Waals surface area (Å²) < 4.78 is 26.3. The Morgan fingerprint density at radius 1 is 1.50 bits per heavy atom. The summed E-state index contributed by atoms with van der Waals surface area (Å²) in [4.78, 5) is 12.4. The number of aromatic nitrogens is 2. The zero-order valence-electron chi connectivity index (χ0n) is 13.3. The van der Waals surface area contributed by atoms with Crippen LogP contribution in [0.5, 0.6) is 5.75 Å². The molecule has 0 bridgehead atoms. The van der Waals surface area contributed by atoms with Crippen molar-refractivity contribution in [3.05, 3.63) is 46.5 Å². The highest BCUT2D eigenvalue weighted by molar-refractivity contribution is 6.33. The molecule has 1 aromatic carbocycles. The summed E-state index contributed by atoms with van der Waals surface area (Å²) in [7, 11) is 1.79. The molecule has 1 saturated heterocycles. The maximum atomic E-state index is 13.5. The molecule has 1 aliphatic rings. The van der Waals surface area contributed by atoms with Crippen LogP contribution in [0.4, 0.5) is 4.39 Å². The van der Waals surface area contributed by atoms with Gasteiger partial charge in [0.05, 0.1) is 42.2 Å². The molecule has 128 valence electrons. The average Bonchev–Trinajstić information content (AvgIpc) is 3.13. The van der Waals surface area contributed by atoms with Gasteiger partial charge in [-0.05, 0) is 24.6 Å². The first-order valence-corrected chi connectivity index (χ1v) is 7.81. The fraction of sp³-hybridized carbons (Fsp3) is 0.375. The second-order valence-corrected chi connectivity index (χ2v) is 6.11. The van der Waals surface area contributed by atoms with E-state index < -0.39 is 11.7 Å². The highest BCUT2D eigenvalue weighted by Gasteiger charge is 2.32. The number of hydrogen-bond donors (Lipinski definition) is 1. The Kier molecular flexibility index (Phi) is 4.73. The van der Waals surface area contributed by atoms with Crippen molar-refractivity contribution in [2.75, 3.05) is 13.2 Å². The number of amides is 1. The van der Waals surface area contributed by atoms with Crippen molar-refractivity contribution >= 4 is 17.5 Å². The Balaban J connectivity index is 1.70. The molecule has 1 aliphatic heterocycles. The lowest BCUT2D eigenvalue weighted by atomic mass is 10.1. The highest BCUT2D eigenvalue weighted by Crippen LogP contribution is 2.22. The van der Waals surface area contributed by atoms with E-state index in [1.807, 2.05) is 0 Å². The van der Waals surface area contributed by atoms with E-state index in [0.717, 1.165) is 6.07 Å². The van der Waals surface area contributed by atoms with Gasteiger partial charge in [0.2, 0.25) is 0 Å². The molecule has 24 heavy (non-hydrogen) atoms. The molecule has 2 aromatic rings. The first kappa shape index (κ1) is 16.7. The van der Waals surface area contributed by atoms with E-state index in [-0.39, 0.29) is 22.7 Å². The molecule has 0 unspecified atom stereocenters. The molecule has 2 atom stereocenters. The molecule has 1 amide bonds. The Morgan fingerprint density at radius 3 is 3.00 bits per heavy atom. The van der Waals surface area contributed by atoms with Crippen LogP contribution in [0.3, 0.4) is 0 Å². The number of nitrogens with zero attached hydrogens (tertiary/aromatic N) is 2. The normalized spacial score (nSPS) is 20.2. The predicted molar refractivity (Wildman–Crippen MR) is 85.8 cm³/mol. The molecular weight excluding hydrogens is 337 g/mol. The van der Waals surface area contributed by atoms with Crippen LogP contribution in [-0.2, 0) is 11.8 Å². The zero-order valence-corrected chi connectivity index (χ0v) is 14.0. The third-order valence-electron chi connectivity index (χ3n) is 3.81. The number of hydrogen-bond acceptors (Lipinski definition) is 4.